The van der Waals surface area contributed by atoms with Crippen molar-refractivity contribution in [3.05, 3.63) is 94.2 Å². The van der Waals surface area contributed by atoms with Gasteiger partial charge in [-0.1, -0.05) is 42.5 Å². The molecule has 12 nitrogen and oxygen atoms in total. The Morgan fingerprint density at radius 1 is 1.08 bits per heavy atom. The van der Waals surface area contributed by atoms with Crippen molar-refractivity contribution >= 4 is 55.8 Å². The van der Waals surface area contributed by atoms with E-state index in [0.717, 1.165) is 20.8 Å². The number of amides is 2. The lowest BCUT2D eigenvalue weighted by Crippen LogP contribution is -2.49. The number of hydrogen-bond donors (Lipinski definition) is 4. The summed E-state index contributed by atoms with van der Waals surface area (Å²) in [6.45, 7) is 0.289. The van der Waals surface area contributed by atoms with E-state index in [1.165, 1.54) is 30.6 Å². The maximum Gasteiger partial charge on any atom is 0.490 e. The van der Waals surface area contributed by atoms with E-state index in [1.54, 1.807) is 29.2 Å². The van der Waals surface area contributed by atoms with Crippen LogP contribution in [-0.4, -0.2) is 78.8 Å². The number of thiophene rings is 1. The summed E-state index contributed by atoms with van der Waals surface area (Å²) in [6.07, 6.45) is -4.85. The molecular weight excluding hydrogens is 688 g/mol. The molecule has 4 aromatic rings. The highest BCUT2D eigenvalue weighted by Gasteiger charge is 2.43. The summed E-state index contributed by atoms with van der Waals surface area (Å²) in [5, 5.41) is 20.8. The van der Waals surface area contributed by atoms with Gasteiger partial charge in [-0.15, -0.1) is 11.3 Å². The number of nitrogens with two attached hydrogens (primary N) is 1. The molecule has 0 saturated carbocycles. The molecule has 0 radical (unpaired) electrons. The number of methoxy groups -OCH3 is 1. The second kappa shape index (κ2) is 15.5. The Labute approximate surface area is 283 Å². The number of carboxylic acids is 1. The standard InChI is InChI=1S/C30H31N5O5S2.C2HF3O2/c1-40-24-9-7-22-8-10-25(15-23(22)14-24)42(38,39)35(18-28(36)33-16-20-5-3-2-4-6-20)26-11-12-34(30(26)37)17-21-13-27(29(31)32)41-19-21;3-2(4,5)1(6)7/h2-10,13-15,19,26H,11-12,16-18H2,1H3,(H3,31,32)(H,33,36);(H,6,7)/t26-;/m0./s1. The van der Waals surface area contributed by atoms with Crippen LogP contribution in [-0.2, 0) is 37.5 Å². The fourth-order valence-corrected chi connectivity index (χ4v) is 7.32. The summed E-state index contributed by atoms with van der Waals surface area (Å²) in [4.78, 5) is 37.8. The average Bonchev–Trinajstić information content (AvgIpc) is 3.69. The second-order valence-corrected chi connectivity index (χ2v) is 13.6. The molecule has 3 aromatic carbocycles. The summed E-state index contributed by atoms with van der Waals surface area (Å²) >= 11 is 1.31. The van der Waals surface area contributed by atoms with E-state index in [1.807, 2.05) is 41.8 Å². The van der Waals surface area contributed by atoms with Crippen molar-refractivity contribution < 1.29 is 45.8 Å². The molecule has 260 valence electrons. The van der Waals surface area contributed by atoms with Crippen LogP contribution < -0.4 is 15.8 Å². The molecule has 5 N–H and O–H groups in total. The number of carboxylic acid groups (broad SMARTS) is 1. The van der Waals surface area contributed by atoms with Gasteiger partial charge in [0.25, 0.3) is 0 Å². The van der Waals surface area contributed by atoms with E-state index >= 15 is 0 Å². The normalized spacial score (nSPS) is 14.8. The van der Waals surface area contributed by atoms with E-state index < -0.39 is 40.7 Å². The maximum atomic E-state index is 14.1. The number of aliphatic carboxylic acids is 1. The number of carbonyl (C=O) groups is 3. The number of nitrogen functional groups attached to an aromatic ring is 1. The van der Waals surface area contributed by atoms with Gasteiger partial charge in [0.15, 0.2) is 0 Å². The van der Waals surface area contributed by atoms with Gasteiger partial charge in [0.1, 0.15) is 17.6 Å². The zero-order chi connectivity index (χ0) is 35.9. The van der Waals surface area contributed by atoms with E-state index in [9.17, 15) is 31.2 Å². The molecule has 1 atom stereocenters. The molecule has 0 aliphatic carbocycles. The van der Waals surface area contributed by atoms with Gasteiger partial charge >= 0.3 is 12.1 Å². The molecule has 2 amide bonds. The Hall–Kier alpha value is -5.00. The van der Waals surface area contributed by atoms with Crippen molar-refractivity contribution in [1.29, 1.82) is 5.41 Å². The maximum absolute atomic E-state index is 14.1. The highest BCUT2D eigenvalue weighted by molar-refractivity contribution is 7.89. The molecule has 2 heterocycles. The van der Waals surface area contributed by atoms with Crippen molar-refractivity contribution in [2.45, 2.75) is 36.6 Å². The third-order valence-corrected chi connectivity index (χ3v) is 10.3. The lowest BCUT2D eigenvalue weighted by molar-refractivity contribution is -0.192. The van der Waals surface area contributed by atoms with Gasteiger partial charge < -0.3 is 25.8 Å². The minimum atomic E-state index is -5.08. The van der Waals surface area contributed by atoms with E-state index in [0.29, 0.717) is 22.6 Å². The van der Waals surface area contributed by atoms with Crippen molar-refractivity contribution in [2.24, 2.45) is 5.73 Å². The minimum absolute atomic E-state index is 0.0192. The van der Waals surface area contributed by atoms with Crippen LogP contribution in [0.4, 0.5) is 13.2 Å². The molecule has 1 aliphatic heterocycles. The van der Waals surface area contributed by atoms with Gasteiger partial charge in [0, 0.05) is 19.6 Å². The number of likely N-dealkylation sites (tertiary alicyclic amines) is 1. The number of sulfonamides is 1. The Morgan fingerprint density at radius 3 is 2.37 bits per heavy atom. The molecule has 1 aliphatic rings. The number of fused-ring (bicyclic) bond motifs is 1. The molecule has 0 bridgehead atoms. The lowest BCUT2D eigenvalue weighted by atomic mass is 10.1. The van der Waals surface area contributed by atoms with Crippen LogP contribution in [0, 0.1) is 5.41 Å². The van der Waals surface area contributed by atoms with Gasteiger partial charge in [0.2, 0.25) is 21.8 Å². The van der Waals surface area contributed by atoms with Crippen molar-refractivity contribution in [3.8, 4) is 5.75 Å². The SMILES string of the molecule is COc1ccc2ccc(S(=O)(=O)N(CC(=O)NCc3ccccc3)[C@H]3CCN(Cc4csc(C(=N)N)c4)C3=O)cc2c1.O=C(O)C(F)(F)F. The number of nitrogens with one attached hydrogen (secondary N) is 2. The van der Waals surface area contributed by atoms with Crippen LogP contribution in [0.1, 0.15) is 22.4 Å². The molecule has 17 heteroatoms. The lowest BCUT2D eigenvalue weighted by Gasteiger charge is -2.27. The van der Waals surface area contributed by atoms with Crippen LogP contribution >= 0.6 is 11.3 Å². The first-order valence-corrected chi connectivity index (χ1v) is 16.8. The van der Waals surface area contributed by atoms with Crippen molar-refractivity contribution in [1.82, 2.24) is 14.5 Å². The first-order chi connectivity index (χ1) is 23.1. The van der Waals surface area contributed by atoms with E-state index in [4.69, 9.17) is 25.8 Å². The number of nitrogens with zero attached hydrogens (tertiary/aromatic N) is 2. The Bertz CT molecular complexity index is 1950. The predicted octanol–water partition coefficient (Wildman–Crippen LogP) is 3.94. The summed E-state index contributed by atoms with van der Waals surface area (Å²) in [5.74, 6) is -3.12. The summed E-state index contributed by atoms with van der Waals surface area (Å²) in [5.41, 5.74) is 7.25. The fourth-order valence-electron chi connectivity index (χ4n) is 4.95. The number of carbonyl (C=O) groups excluding carboxylic acids is 2. The average molecular weight is 720 g/mol. The number of benzene rings is 3. The first-order valence-electron chi connectivity index (χ1n) is 14.5. The minimum Gasteiger partial charge on any atom is -0.497 e. The first kappa shape index (κ1) is 36.8. The highest BCUT2D eigenvalue weighted by Crippen LogP contribution is 2.29. The fraction of sp³-hybridized carbons (Fsp3) is 0.250. The third kappa shape index (κ3) is 9.33. The number of alkyl halides is 3. The smallest absolute Gasteiger partial charge is 0.490 e. The van der Waals surface area contributed by atoms with Gasteiger partial charge in [-0.3, -0.25) is 15.0 Å². The van der Waals surface area contributed by atoms with Crippen LogP contribution in [0.25, 0.3) is 10.8 Å². The van der Waals surface area contributed by atoms with Crippen molar-refractivity contribution in [3.63, 3.8) is 0 Å². The summed E-state index contributed by atoms with van der Waals surface area (Å²) in [6, 6.07) is 20.1. The quantitative estimate of drug-likeness (QED) is 0.133. The number of ether oxygens (including phenoxy) is 1. The number of hydrogen-bond acceptors (Lipinski definition) is 8. The largest absolute Gasteiger partial charge is 0.497 e. The molecule has 0 spiro atoms. The highest BCUT2D eigenvalue weighted by atomic mass is 32.2. The predicted molar refractivity (Wildman–Crippen MR) is 176 cm³/mol. The Balaban J connectivity index is 0.000000698. The topological polar surface area (TPSA) is 183 Å². The summed E-state index contributed by atoms with van der Waals surface area (Å²) < 4.78 is 66.3. The third-order valence-electron chi connectivity index (χ3n) is 7.41. The van der Waals surface area contributed by atoms with Crippen molar-refractivity contribution in [2.75, 3.05) is 20.2 Å². The van der Waals surface area contributed by atoms with Gasteiger partial charge in [0.05, 0.1) is 23.4 Å². The Kier molecular flexibility index (Phi) is 11.6. The van der Waals surface area contributed by atoms with Gasteiger partial charge in [-0.25, -0.2) is 13.2 Å². The Morgan fingerprint density at radius 2 is 1.76 bits per heavy atom. The second-order valence-electron chi connectivity index (χ2n) is 10.8. The number of rotatable bonds is 11. The zero-order valence-corrected chi connectivity index (χ0v) is 27.6. The molecule has 1 fully saturated rings. The summed E-state index contributed by atoms with van der Waals surface area (Å²) in [7, 11) is -2.73. The van der Waals surface area contributed by atoms with Gasteiger partial charge in [-0.2, -0.15) is 17.5 Å². The van der Waals surface area contributed by atoms with Crippen LogP contribution in [0.15, 0.2) is 83.1 Å². The molecule has 5 rings (SSSR count). The van der Waals surface area contributed by atoms with Crippen LogP contribution in [0.3, 0.4) is 0 Å². The molecule has 1 saturated heterocycles. The molecule has 0 unspecified atom stereocenters. The van der Waals surface area contributed by atoms with E-state index in [-0.39, 0.29) is 36.1 Å². The van der Waals surface area contributed by atoms with Gasteiger partial charge in [-0.05, 0) is 64.0 Å². The van der Waals surface area contributed by atoms with Crippen LogP contribution in [0.2, 0.25) is 0 Å². The number of halogens is 3. The monoisotopic (exact) mass is 719 g/mol. The van der Waals surface area contributed by atoms with E-state index in [2.05, 4.69) is 5.32 Å². The van der Waals surface area contributed by atoms with Crippen LogP contribution in [0.5, 0.6) is 5.75 Å². The zero-order valence-electron chi connectivity index (χ0n) is 25.9. The molecular formula is C32H32F3N5O7S2. The molecule has 49 heavy (non-hydrogen) atoms. The molecule has 1 aromatic heterocycles. The number of amidine groups is 1.